The molecule has 2 aromatic rings. The van der Waals surface area contributed by atoms with Gasteiger partial charge in [-0.05, 0) is 37.5 Å². The molecule has 0 saturated heterocycles. The van der Waals surface area contributed by atoms with E-state index in [9.17, 15) is 0 Å². The topological polar surface area (TPSA) is 63.0 Å². The molecule has 0 spiro atoms. The van der Waals surface area contributed by atoms with Gasteiger partial charge in [0.15, 0.2) is 0 Å². The van der Waals surface area contributed by atoms with Gasteiger partial charge in [-0.1, -0.05) is 17.3 Å². The number of aryl methyl sites for hydroxylation is 3. The molecule has 0 radical (unpaired) electrons. The zero-order valence-electron chi connectivity index (χ0n) is 11.4. The first-order chi connectivity index (χ1) is 9.19. The molecular weight excluding hydrogens is 240 g/mol. The molecule has 19 heavy (non-hydrogen) atoms. The Hall–Kier alpha value is -1.88. The average molecular weight is 260 g/mol. The monoisotopic (exact) mass is 260 g/mol. The first kappa shape index (κ1) is 13.5. The summed E-state index contributed by atoms with van der Waals surface area (Å²) in [5.41, 5.74) is 4.49. The average Bonchev–Trinajstić information content (AvgIpc) is 2.85. The van der Waals surface area contributed by atoms with E-state index in [1.807, 2.05) is 6.20 Å². The third-order valence-corrected chi connectivity index (χ3v) is 2.98. The van der Waals surface area contributed by atoms with E-state index in [4.69, 9.17) is 5.11 Å². The van der Waals surface area contributed by atoms with Crippen LogP contribution < -0.4 is 5.32 Å². The summed E-state index contributed by atoms with van der Waals surface area (Å²) < 4.78 is 1.76. The van der Waals surface area contributed by atoms with Gasteiger partial charge in [-0.25, -0.2) is 0 Å². The number of anilines is 1. The molecule has 0 unspecified atom stereocenters. The number of nitrogens with zero attached hydrogens (tertiary/aromatic N) is 3. The maximum absolute atomic E-state index is 8.77. The Morgan fingerprint density at radius 2 is 2.16 bits per heavy atom. The van der Waals surface area contributed by atoms with Gasteiger partial charge in [-0.3, -0.25) is 4.68 Å². The van der Waals surface area contributed by atoms with Crippen LogP contribution in [0.5, 0.6) is 0 Å². The van der Waals surface area contributed by atoms with Crippen LogP contribution in [0.1, 0.15) is 23.2 Å². The molecule has 2 rings (SSSR count). The van der Waals surface area contributed by atoms with Crippen molar-refractivity contribution in [3.05, 3.63) is 41.2 Å². The van der Waals surface area contributed by atoms with Crippen molar-refractivity contribution in [2.75, 3.05) is 11.9 Å². The smallest absolute Gasteiger partial charge is 0.102 e. The quantitative estimate of drug-likeness (QED) is 0.832. The van der Waals surface area contributed by atoms with E-state index in [0.29, 0.717) is 19.5 Å². The summed E-state index contributed by atoms with van der Waals surface area (Å²) >= 11 is 0. The van der Waals surface area contributed by atoms with Crippen LogP contribution in [0.3, 0.4) is 0 Å². The van der Waals surface area contributed by atoms with Gasteiger partial charge in [0, 0.05) is 18.8 Å². The van der Waals surface area contributed by atoms with E-state index in [2.05, 4.69) is 47.7 Å². The number of hydrogen-bond acceptors (Lipinski definition) is 4. The van der Waals surface area contributed by atoms with Gasteiger partial charge in [0.1, 0.15) is 5.69 Å². The van der Waals surface area contributed by atoms with Crippen LogP contribution in [-0.2, 0) is 13.1 Å². The highest BCUT2D eigenvalue weighted by Gasteiger charge is 2.02. The predicted molar refractivity (Wildman–Crippen MR) is 75.0 cm³/mol. The van der Waals surface area contributed by atoms with Crippen molar-refractivity contribution in [2.45, 2.75) is 33.4 Å². The number of aliphatic hydroxyl groups excluding tert-OH is 1. The lowest BCUT2D eigenvalue weighted by molar-refractivity contribution is 0.276. The van der Waals surface area contributed by atoms with Gasteiger partial charge in [-0.2, -0.15) is 0 Å². The van der Waals surface area contributed by atoms with Crippen molar-refractivity contribution in [3.8, 4) is 0 Å². The van der Waals surface area contributed by atoms with Gasteiger partial charge < -0.3 is 10.4 Å². The molecule has 1 aromatic carbocycles. The Kier molecular flexibility index (Phi) is 4.52. The zero-order valence-corrected chi connectivity index (χ0v) is 11.4. The lowest BCUT2D eigenvalue weighted by Gasteiger charge is -2.08. The summed E-state index contributed by atoms with van der Waals surface area (Å²) in [4.78, 5) is 0. The molecule has 0 aliphatic heterocycles. The van der Waals surface area contributed by atoms with E-state index < -0.39 is 0 Å². The highest BCUT2D eigenvalue weighted by molar-refractivity contribution is 5.52. The molecule has 0 aliphatic carbocycles. The fraction of sp³-hybridized carbons (Fsp3) is 0.429. The van der Waals surface area contributed by atoms with Crippen LogP contribution in [0.15, 0.2) is 24.4 Å². The van der Waals surface area contributed by atoms with E-state index >= 15 is 0 Å². The third-order valence-electron chi connectivity index (χ3n) is 2.98. The molecule has 1 heterocycles. The number of nitrogens with one attached hydrogen (secondary N) is 1. The van der Waals surface area contributed by atoms with Crippen LogP contribution in [-0.4, -0.2) is 26.7 Å². The predicted octanol–water partition coefficient (Wildman–Crippen LogP) is 1.89. The lowest BCUT2D eigenvalue weighted by atomic mass is 10.1. The number of hydrogen-bond donors (Lipinski definition) is 2. The molecule has 2 N–H and O–H groups in total. The minimum Gasteiger partial charge on any atom is -0.396 e. The summed E-state index contributed by atoms with van der Waals surface area (Å²) in [6, 6.07) is 6.34. The van der Waals surface area contributed by atoms with Crippen LogP contribution in [0.2, 0.25) is 0 Å². The minimum atomic E-state index is 0.177. The minimum absolute atomic E-state index is 0.177. The van der Waals surface area contributed by atoms with E-state index in [1.165, 1.54) is 11.1 Å². The summed E-state index contributed by atoms with van der Waals surface area (Å²) in [5, 5.41) is 20.3. The Morgan fingerprint density at radius 1 is 1.32 bits per heavy atom. The number of aliphatic hydroxyl groups is 1. The van der Waals surface area contributed by atoms with Crippen LogP contribution in [0.25, 0.3) is 0 Å². The van der Waals surface area contributed by atoms with Crippen LogP contribution in [0, 0.1) is 13.8 Å². The Balaban J connectivity index is 1.94. The molecule has 0 atom stereocenters. The van der Waals surface area contributed by atoms with E-state index in [1.54, 1.807) is 4.68 Å². The maximum atomic E-state index is 8.77. The number of rotatable bonds is 6. The van der Waals surface area contributed by atoms with Crippen molar-refractivity contribution in [3.63, 3.8) is 0 Å². The maximum Gasteiger partial charge on any atom is 0.102 e. The molecule has 0 fully saturated rings. The second-order valence-electron chi connectivity index (χ2n) is 4.72. The zero-order chi connectivity index (χ0) is 13.7. The van der Waals surface area contributed by atoms with Crippen molar-refractivity contribution in [1.29, 1.82) is 0 Å². The van der Waals surface area contributed by atoms with Gasteiger partial charge in [0.25, 0.3) is 0 Å². The SMILES string of the molecule is Cc1ccc(C)c(NCc2cn(CCCO)nn2)c1. The van der Waals surface area contributed by atoms with Crippen molar-refractivity contribution < 1.29 is 5.11 Å². The normalized spacial score (nSPS) is 10.7. The number of benzene rings is 1. The Morgan fingerprint density at radius 3 is 2.95 bits per heavy atom. The van der Waals surface area contributed by atoms with E-state index in [0.717, 1.165) is 11.4 Å². The summed E-state index contributed by atoms with van der Waals surface area (Å²) in [6.07, 6.45) is 2.61. The van der Waals surface area contributed by atoms with Crippen LogP contribution >= 0.6 is 0 Å². The lowest BCUT2D eigenvalue weighted by Crippen LogP contribution is -2.02. The highest BCUT2D eigenvalue weighted by Crippen LogP contribution is 2.16. The number of aromatic nitrogens is 3. The van der Waals surface area contributed by atoms with Crippen molar-refractivity contribution in [2.24, 2.45) is 0 Å². The summed E-state index contributed by atoms with van der Waals surface area (Å²) in [7, 11) is 0. The standard InChI is InChI=1S/C14H20N4O/c1-11-4-5-12(2)14(8-11)15-9-13-10-18(17-16-13)6-3-7-19/h4-5,8,10,15,19H,3,6-7,9H2,1-2H3. The van der Waals surface area contributed by atoms with Gasteiger partial charge in [-0.15, -0.1) is 5.10 Å². The van der Waals surface area contributed by atoms with Gasteiger partial charge >= 0.3 is 0 Å². The molecule has 0 bridgehead atoms. The molecule has 0 amide bonds. The fourth-order valence-corrected chi connectivity index (χ4v) is 1.87. The fourth-order valence-electron chi connectivity index (χ4n) is 1.87. The van der Waals surface area contributed by atoms with E-state index in [-0.39, 0.29) is 6.61 Å². The second kappa shape index (κ2) is 6.33. The van der Waals surface area contributed by atoms with Crippen molar-refractivity contribution in [1.82, 2.24) is 15.0 Å². The van der Waals surface area contributed by atoms with Gasteiger partial charge in [0.2, 0.25) is 0 Å². The van der Waals surface area contributed by atoms with Crippen LogP contribution in [0.4, 0.5) is 5.69 Å². The van der Waals surface area contributed by atoms with Crippen molar-refractivity contribution >= 4 is 5.69 Å². The molecule has 5 heteroatoms. The molecule has 0 saturated carbocycles. The largest absolute Gasteiger partial charge is 0.396 e. The molecular formula is C14H20N4O. The summed E-state index contributed by atoms with van der Waals surface area (Å²) in [6.45, 7) is 5.70. The molecule has 0 aliphatic rings. The Bertz CT molecular complexity index is 536. The first-order valence-corrected chi connectivity index (χ1v) is 6.50. The highest BCUT2D eigenvalue weighted by atomic mass is 16.3. The third kappa shape index (κ3) is 3.79. The Labute approximate surface area is 113 Å². The first-order valence-electron chi connectivity index (χ1n) is 6.50. The summed E-state index contributed by atoms with van der Waals surface area (Å²) in [5.74, 6) is 0. The van der Waals surface area contributed by atoms with Gasteiger partial charge in [0.05, 0.1) is 12.7 Å². The second-order valence-corrected chi connectivity index (χ2v) is 4.72. The molecule has 5 nitrogen and oxygen atoms in total. The molecule has 102 valence electrons. The molecule has 1 aromatic heterocycles.